The highest BCUT2D eigenvalue weighted by Gasteiger charge is 2.29. The molecule has 0 aromatic carbocycles. The van der Waals surface area contributed by atoms with Crippen LogP contribution in [0.3, 0.4) is 0 Å². The predicted octanol–water partition coefficient (Wildman–Crippen LogP) is 2.87. The number of hydrogen-bond acceptors (Lipinski definition) is 1. The maximum Gasteiger partial charge on any atom is 0.0689 e. The first-order chi connectivity index (χ1) is 4.83. The van der Waals surface area contributed by atoms with Crippen molar-refractivity contribution in [2.75, 3.05) is 0 Å². The molecule has 1 fully saturated rings. The summed E-state index contributed by atoms with van der Waals surface area (Å²) in [5.74, 6) is 0. The summed E-state index contributed by atoms with van der Waals surface area (Å²) in [6, 6.07) is 2.47. The van der Waals surface area contributed by atoms with Gasteiger partial charge in [0.1, 0.15) is 0 Å². The SMILES string of the molecule is CCC1(C#N)CCCCC1. The van der Waals surface area contributed by atoms with Gasteiger partial charge in [-0.2, -0.15) is 5.26 Å². The fraction of sp³-hybridized carbons (Fsp3) is 0.889. The molecule has 0 aromatic rings. The largest absolute Gasteiger partial charge is 0.198 e. The van der Waals surface area contributed by atoms with E-state index in [2.05, 4.69) is 13.0 Å². The quantitative estimate of drug-likeness (QED) is 0.545. The van der Waals surface area contributed by atoms with Gasteiger partial charge < -0.3 is 0 Å². The van der Waals surface area contributed by atoms with E-state index in [0.717, 1.165) is 19.3 Å². The fourth-order valence-electron chi connectivity index (χ4n) is 1.77. The van der Waals surface area contributed by atoms with Crippen molar-refractivity contribution in [2.45, 2.75) is 45.4 Å². The first-order valence-electron chi connectivity index (χ1n) is 4.24. The second kappa shape index (κ2) is 3.05. The van der Waals surface area contributed by atoms with E-state index in [1.807, 2.05) is 0 Å². The van der Waals surface area contributed by atoms with Crippen molar-refractivity contribution in [1.82, 2.24) is 0 Å². The average molecular weight is 137 g/mol. The van der Waals surface area contributed by atoms with Gasteiger partial charge in [0.05, 0.1) is 11.5 Å². The summed E-state index contributed by atoms with van der Waals surface area (Å²) in [4.78, 5) is 0. The van der Waals surface area contributed by atoms with E-state index in [1.54, 1.807) is 0 Å². The molecular formula is C9H15N. The molecule has 0 saturated heterocycles. The van der Waals surface area contributed by atoms with Crippen LogP contribution < -0.4 is 0 Å². The third kappa shape index (κ3) is 1.31. The van der Waals surface area contributed by atoms with Crippen molar-refractivity contribution in [3.63, 3.8) is 0 Å². The molecule has 1 rings (SSSR count). The highest BCUT2D eigenvalue weighted by Crippen LogP contribution is 2.38. The van der Waals surface area contributed by atoms with E-state index in [0.29, 0.717) is 0 Å². The molecule has 0 bridgehead atoms. The van der Waals surface area contributed by atoms with Gasteiger partial charge in [0.25, 0.3) is 0 Å². The van der Waals surface area contributed by atoms with Gasteiger partial charge in [0.2, 0.25) is 0 Å². The van der Waals surface area contributed by atoms with Crippen LogP contribution in [-0.2, 0) is 0 Å². The molecule has 1 heteroatoms. The smallest absolute Gasteiger partial charge is 0.0689 e. The minimum atomic E-state index is 0.0677. The lowest BCUT2D eigenvalue weighted by Gasteiger charge is -2.28. The minimum Gasteiger partial charge on any atom is -0.198 e. The van der Waals surface area contributed by atoms with Gasteiger partial charge in [-0.3, -0.25) is 0 Å². The summed E-state index contributed by atoms with van der Waals surface area (Å²) in [5, 5.41) is 8.89. The zero-order valence-electron chi connectivity index (χ0n) is 6.69. The second-order valence-corrected chi connectivity index (χ2v) is 3.31. The normalized spacial score (nSPS) is 23.6. The van der Waals surface area contributed by atoms with Crippen molar-refractivity contribution < 1.29 is 0 Å². The van der Waals surface area contributed by atoms with Crippen LogP contribution in [0, 0.1) is 16.7 Å². The van der Waals surface area contributed by atoms with E-state index in [1.165, 1.54) is 19.3 Å². The number of hydrogen-bond donors (Lipinski definition) is 0. The fourth-order valence-corrected chi connectivity index (χ4v) is 1.77. The van der Waals surface area contributed by atoms with Crippen LogP contribution in [-0.4, -0.2) is 0 Å². The van der Waals surface area contributed by atoms with Gasteiger partial charge in [0.15, 0.2) is 0 Å². The Morgan fingerprint density at radius 3 is 2.20 bits per heavy atom. The van der Waals surface area contributed by atoms with E-state index in [4.69, 9.17) is 5.26 Å². The molecule has 0 aromatic heterocycles. The predicted molar refractivity (Wildman–Crippen MR) is 41.4 cm³/mol. The zero-order chi connectivity index (χ0) is 7.45. The molecule has 0 unspecified atom stereocenters. The van der Waals surface area contributed by atoms with Crippen molar-refractivity contribution in [1.29, 1.82) is 5.26 Å². The summed E-state index contributed by atoms with van der Waals surface area (Å²) >= 11 is 0. The van der Waals surface area contributed by atoms with Gasteiger partial charge in [0, 0.05) is 0 Å². The Bertz CT molecular complexity index is 137. The Labute approximate surface area is 63.0 Å². The lowest BCUT2D eigenvalue weighted by Crippen LogP contribution is -2.20. The van der Waals surface area contributed by atoms with Gasteiger partial charge in [-0.05, 0) is 19.3 Å². The Morgan fingerprint density at radius 1 is 1.30 bits per heavy atom. The van der Waals surface area contributed by atoms with Crippen LogP contribution in [0.2, 0.25) is 0 Å². The van der Waals surface area contributed by atoms with E-state index >= 15 is 0 Å². The Hall–Kier alpha value is -0.510. The third-order valence-corrected chi connectivity index (χ3v) is 2.72. The first-order valence-corrected chi connectivity index (χ1v) is 4.24. The first kappa shape index (κ1) is 7.60. The summed E-state index contributed by atoms with van der Waals surface area (Å²) in [6.07, 6.45) is 7.19. The lowest BCUT2D eigenvalue weighted by molar-refractivity contribution is 0.259. The van der Waals surface area contributed by atoms with Crippen molar-refractivity contribution in [2.24, 2.45) is 5.41 Å². The molecule has 56 valence electrons. The molecule has 0 N–H and O–H groups in total. The zero-order valence-corrected chi connectivity index (χ0v) is 6.69. The third-order valence-electron chi connectivity index (χ3n) is 2.72. The number of nitrogens with zero attached hydrogens (tertiary/aromatic N) is 1. The molecule has 0 aliphatic heterocycles. The molecule has 0 amide bonds. The van der Waals surface area contributed by atoms with Crippen LogP contribution in [0.5, 0.6) is 0 Å². The van der Waals surface area contributed by atoms with Gasteiger partial charge in [-0.25, -0.2) is 0 Å². The second-order valence-electron chi connectivity index (χ2n) is 3.31. The maximum atomic E-state index is 8.89. The molecule has 1 nitrogen and oxygen atoms in total. The number of rotatable bonds is 1. The molecule has 0 heterocycles. The number of nitriles is 1. The van der Waals surface area contributed by atoms with Gasteiger partial charge in [-0.15, -0.1) is 0 Å². The van der Waals surface area contributed by atoms with Crippen LogP contribution in [0.25, 0.3) is 0 Å². The van der Waals surface area contributed by atoms with Crippen LogP contribution in [0.1, 0.15) is 45.4 Å². The Balaban J connectivity index is 2.55. The van der Waals surface area contributed by atoms with Crippen LogP contribution >= 0.6 is 0 Å². The Kier molecular flexibility index (Phi) is 2.32. The molecule has 0 atom stereocenters. The van der Waals surface area contributed by atoms with Crippen LogP contribution in [0.15, 0.2) is 0 Å². The molecule has 0 spiro atoms. The van der Waals surface area contributed by atoms with Crippen LogP contribution in [0.4, 0.5) is 0 Å². The highest BCUT2D eigenvalue weighted by molar-refractivity contribution is 4.99. The van der Waals surface area contributed by atoms with E-state index in [-0.39, 0.29) is 5.41 Å². The van der Waals surface area contributed by atoms with Crippen molar-refractivity contribution >= 4 is 0 Å². The van der Waals surface area contributed by atoms with E-state index < -0.39 is 0 Å². The average Bonchev–Trinajstić information content (AvgIpc) is 2.06. The molecule has 10 heavy (non-hydrogen) atoms. The summed E-state index contributed by atoms with van der Waals surface area (Å²) in [7, 11) is 0. The monoisotopic (exact) mass is 137 g/mol. The summed E-state index contributed by atoms with van der Waals surface area (Å²) in [5.41, 5.74) is 0.0677. The summed E-state index contributed by atoms with van der Waals surface area (Å²) < 4.78 is 0. The maximum absolute atomic E-state index is 8.89. The minimum absolute atomic E-state index is 0.0677. The highest BCUT2D eigenvalue weighted by atomic mass is 14.4. The Morgan fingerprint density at radius 2 is 1.90 bits per heavy atom. The van der Waals surface area contributed by atoms with Gasteiger partial charge in [-0.1, -0.05) is 26.2 Å². The molecule has 1 aliphatic carbocycles. The molecule has 1 aliphatic rings. The van der Waals surface area contributed by atoms with E-state index in [9.17, 15) is 0 Å². The topological polar surface area (TPSA) is 23.8 Å². The molecular weight excluding hydrogens is 122 g/mol. The van der Waals surface area contributed by atoms with Gasteiger partial charge >= 0.3 is 0 Å². The lowest BCUT2D eigenvalue weighted by atomic mass is 9.73. The summed E-state index contributed by atoms with van der Waals surface area (Å²) in [6.45, 7) is 2.13. The standard InChI is InChI=1S/C9H15N/c1-2-9(8-10)6-4-3-5-7-9/h2-7H2,1H3. The molecule has 1 saturated carbocycles. The van der Waals surface area contributed by atoms with Crippen molar-refractivity contribution in [3.8, 4) is 6.07 Å². The molecule has 0 radical (unpaired) electrons. The van der Waals surface area contributed by atoms with Crippen molar-refractivity contribution in [3.05, 3.63) is 0 Å².